The van der Waals surface area contributed by atoms with Crippen LogP contribution in [-0.4, -0.2) is 40.6 Å². The van der Waals surface area contributed by atoms with Crippen molar-refractivity contribution in [2.45, 2.75) is 46.1 Å². The monoisotopic (exact) mass is 250 g/mol. The first-order valence-corrected chi connectivity index (χ1v) is 7.29. The Hall–Kier alpha value is -1.03. The van der Waals surface area contributed by atoms with E-state index in [1.54, 1.807) is 0 Å². The smallest absolute Gasteiger partial charge is 0.203 e. The van der Waals surface area contributed by atoms with Crippen LogP contribution < -0.4 is 5.32 Å². The molecule has 4 heteroatoms. The predicted molar refractivity (Wildman–Crippen MR) is 76.0 cm³/mol. The molecule has 2 heterocycles. The molecule has 0 aromatic carbocycles. The van der Waals surface area contributed by atoms with Crippen LogP contribution in [0.2, 0.25) is 0 Å². The van der Waals surface area contributed by atoms with Crippen LogP contribution >= 0.6 is 0 Å². The highest BCUT2D eigenvalue weighted by molar-refractivity contribution is 5.28. The average Bonchev–Trinajstić information content (AvgIpc) is 2.97. The van der Waals surface area contributed by atoms with Crippen LogP contribution in [-0.2, 0) is 6.54 Å². The van der Waals surface area contributed by atoms with Crippen LogP contribution in [0.25, 0.3) is 0 Å². The van der Waals surface area contributed by atoms with Crippen LogP contribution in [0.4, 0.5) is 5.95 Å². The van der Waals surface area contributed by atoms with E-state index < -0.39 is 0 Å². The lowest BCUT2D eigenvalue weighted by Crippen LogP contribution is -2.24. The van der Waals surface area contributed by atoms with Gasteiger partial charge in [-0.25, -0.2) is 4.98 Å². The maximum atomic E-state index is 4.56. The molecule has 0 atom stereocenters. The third-order valence-corrected chi connectivity index (χ3v) is 3.57. The zero-order chi connectivity index (χ0) is 12.8. The Balaban J connectivity index is 1.85. The fourth-order valence-corrected chi connectivity index (χ4v) is 2.49. The number of unbranched alkanes of at least 4 members (excludes halogenated alkanes) is 1. The van der Waals surface area contributed by atoms with E-state index in [0.29, 0.717) is 0 Å². The molecular weight excluding hydrogens is 224 g/mol. The molecule has 0 saturated carbocycles. The van der Waals surface area contributed by atoms with Gasteiger partial charge in [0.25, 0.3) is 0 Å². The zero-order valence-corrected chi connectivity index (χ0v) is 11.8. The molecule has 1 aromatic rings. The van der Waals surface area contributed by atoms with Crippen LogP contribution in [0.5, 0.6) is 0 Å². The standard InChI is InChI=1S/C14H26N4/c1-3-4-7-15-14-16-13(2)12-18(14)11-10-17-8-5-6-9-17/h12H,3-11H2,1-2H3,(H,15,16). The van der Waals surface area contributed by atoms with Gasteiger partial charge in [0.15, 0.2) is 0 Å². The number of likely N-dealkylation sites (tertiary alicyclic amines) is 1. The second kappa shape index (κ2) is 6.78. The summed E-state index contributed by atoms with van der Waals surface area (Å²) in [5.74, 6) is 1.04. The van der Waals surface area contributed by atoms with Gasteiger partial charge in [0, 0.05) is 25.8 Å². The molecule has 2 rings (SSSR count). The second-order valence-electron chi connectivity index (χ2n) is 5.23. The summed E-state index contributed by atoms with van der Waals surface area (Å²) in [7, 11) is 0. The van der Waals surface area contributed by atoms with Gasteiger partial charge in [-0.15, -0.1) is 0 Å². The van der Waals surface area contributed by atoms with E-state index in [2.05, 4.69) is 39.8 Å². The first-order valence-electron chi connectivity index (χ1n) is 7.29. The quantitative estimate of drug-likeness (QED) is 0.755. The van der Waals surface area contributed by atoms with Crippen LogP contribution in [0, 0.1) is 6.92 Å². The third-order valence-electron chi connectivity index (χ3n) is 3.57. The summed E-state index contributed by atoms with van der Waals surface area (Å²) in [5, 5.41) is 3.44. The molecule has 1 aliphatic rings. The molecule has 1 aliphatic heterocycles. The van der Waals surface area contributed by atoms with Gasteiger partial charge in [-0.2, -0.15) is 0 Å². The Morgan fingerprint density at radius 2 is 2.06 bits per heavy atom. The van der Waals surface area contributed by atoms with Crippen molar-refractivity contribution in [3.05, 3.63) is 11.9 Å². The molecule has 1 N–H and O–H groups in total. The average molecular weight is 250 g/mol. The number of imidazole rings is 1. The summed E-state index contributed by atoms with van der Waals surface area (Å²) in [6.07, 6.45) is 7.32. The SMILES string of the molecule is CCCCNc1nc(C)cn1CCN1CCCC1. The van der Waals surface area contributed by atoms with Crippen molar-refractivity contribution in [1.29, 1.82) is 0 Å². The van der Waals surface area contributed by atoms with Gasteiger partial charge in [0.1, 0.15) is 0 Å². The maximum absolute atomic E-state index is 4.56. The number of hydrogen-bond donors (Lipinski definition) is 1. The number of nitrogens with zero attached hydrogens (tertiary/aromatic N) is 3. The van der Waals surface area contributed by atoms with Gasteiger partial charge in [-0.3, -0.25) is 0 Å². The normalized spacial score (nSPS) is 16.3. The van der Waals surface area contributed by atoms with Gasteiger partial charge < -0.3 is 14.8 Å². The number of aryl methyl sites for hydroxylation is 1. The van der Waals surface area contributed by atoms with E-state index in [1.807, 2.05) is 0 Å². The summed E-state index contributed by atoms with van der Waals surface area (Å²) in [4.78, 5) is 7.11. The fraction of sp³-hybridized carbons (Fsp3) is 0.786. The highest BCUT2D eigenvalue weighted by Crippen LogP contribution is 2.11. The Morgan fingerprint density at radius 3 is 2.78 bits per heavy atom. The zero-order valence-electron chi connectivity index (χ0n) is 11.8. The number of hydrogen-bond acceptors (Lipinski definition) is 3. The van der Waals surface area contributed by atoms with Crippen LogP contribution in [0.15, 0.2) is 6.20 Å². The van der Waals surface area contributed by atoms with E-state index in [4.69, 9.17) is 0 Å². The van der Waals surface area contributed by atoms with Crippen molar-refractivity contribution in [2.24, 2.45) is 0 Å². The fourth-order valence-electron chi connectivity index (χ4n) is 2.49. The maximum Gasteiger partial charge on any atom is 0.203 e. The molecule has 0 radical (unpaired) electrons. The van der Waals surface area contributed by atoms with Crippen molar-refractivity contribution in [2.75, 3.05) is 31.5 Å². The summed E-state index contributed by atoms with van der Waals surface area (Å²) in [5.41, 5.74) is 1.11. The number of anilines is 1. The van der Waals surface area contributed by atoms with E-state index in [1.165, 1.54) is 38.8 Å². The minimum absolute atomic E-state index is 1.02. The van der Waals surface area contributed by atoms with E-state index >= 15 is 0 Å². The molecule has 18 heavy (non-hydrogen) atoms. The molecule has 0 aliphatic carbocycles. The van der Waals surface area contributed by atoms with Gasteiger partial charge in [0.05, 0.1) is 5.69 Å². The van der Waals surface area contributed by atoms with Gasteiger partial charge >= 0.3 is 0 Å². The minimum atomic E-state index is 1.02. The lowest BCUT2D eigenvalue weighted by atomic mass is 10.3. The van der Waals surface area contributed by atoms with E-state index in [-0.39, 0.29) is 0 Å². The molecule has 1 saturated heterocycles. The molecule has 0 bridgehead atoms. The molecular formula is C14H26N4. The Bertz CT molecular complexity index is 353. The Morgan fingerprint density at radius 1 is 1.28 bits per heavy atom. The summed E-state index contributed by atoms with van der Waals surface area (Å²) >= 11 is 0. The number of aromatic nitrogens is 2. The molecule has 1 fully saturated rings. The summed E-state index contributed by atoms with van der Waals surface area (Å²) in [6, 6.07) is 0. The van der Waals surface area contributed by atoms with Crippen LogP contribution in [0.3, 0.4) is 0 Å². The Labute approximate surface area is 110 Å². The summed E-state index contributed by atoms with van der Waals surface area (Å²) in [6.45, 7) is 10.0. The lowest BCUT2D eigenvalue weighted by Gasteiger charge is -2.16. The molecule has 0 amide bonds. The molecule has 4 nitrogen and oxygen atoms in total. The van der Waals surface area contributed by atoms with Gasteiger partial charge in [-0.1, -0.05) is 13.3 Å². The lowest BCUT2D eigenvalue weighted by molar-refractivity contribution is 0.323. The van der Waals surface area contributed by atoms with Crippen molar-refractivity contribution in [3.8, 4) is 0 Å². The largest absolute Gasteiger partial charge is 0.356 e. The highest BCUT2D eigenvalue weighted by atomic mass is 15.2. The molecule has 0 spiro atoms. The topological polar surface area (TPSA) is 33.1 Å². The van der Waals surface area contributed by atoms with Crippen molar-refractivity contribution >= 4 is 5.95 Å². The van der Waals surface area contributed by atoms with E-state index in [0.717, 1.165) is 31.3 Å². The highest BCUT2D eigenvalue weighted by Gasteiger charge is 2.12. The summed E-state index contributed by atoms with van der Waals surface area (Å²) < 4.78 is 2.27. The second-order valence-corrected chi connectivity index (χ2v) is 5.23. The Kier molecular flexibility index (Phi) is 5.05. The van der Waals surface area contributed by atoms with Crippen molar-refractivity contribution in [1.82, 2.24) is 14.5 Å². The first kappa shape index (κ1) is 13.4. The number of rotatable bonds is 7. The van der Waals surface area contributed by atoms with Crippen molar-refractivity contribution in [3.63, 3.8) is 0 Å². The first-order chi connectivity index (χ1) is 8.79. The third kappa shape index (κ3) is 3.73. The minimum Gasteiger partial charge on any atom is -0.356 e. The van der Waals surface area contributed by atoms with E-state index in [9.17, 15) is 0 Å². The van der Waals surface area contributed by atoms with Crippen molar-refractivity contribution < 1.29 is 0 Å². The van der Waals surface area contributed by atoms with Gasteiger partial charge in [0.2, 0.25) is 5.95 Å². The molecule has 102 valence electrons. The number of nitrogens with one attached hydrogen (secondary N) is 1. The van der Waals surface area contributed by atoms with Gasteiger partial charge in [-0.05, 0) is 39.3 Å². The van der Waals surface area contributed by atoms with Crippen LogP contribution in [0.1, 0.15) is 38.3 Å². The predicted octanol–water partition coefficient (Wildman–Crippen LogP) is 2.50. The molecule has 0 unspecified atom stereocenters. The molecule has 1 aromatic heterocycles.